The summed E-state index contributed by atoms with van der Waals surface area (Å²) in [6, 6.07) is 0. The van der Waals surface area contributed by atoms with Crippen molar-refractivity contribution in [2.24, 2.45) is 0 Å². The first-order valence-corrected chi connectivity index (χ1v) is 2.52. The second-order valence-electron chi connectivity index (χ2n) is 0.718. The minimum atomic E-state index is -1.04. The molecule has 2 nitrogen and oxygen atoms in total. The summed E-state index contributed by atoms with van der Waals surface area (Å²) in [5, 5.41) is 0. The average Bonchev–Trinajstić information content (AvgIpc) is 1.61. The molecular weight excluding hydrogens is 126 g/mol. The standard InChI is InChI=1S/C3H7O2P.Al.3H/c1-2-3-5-6-4;;;;/h2H,1,3,6H2;;;;. The van der Waals surface area contributed by atoms with Crippen LogP contribution < -0.4 is 0 Å². The molecule has 1 atom stereocenters. The van der Waals surface area contributed by atoms with E-state index in [2.05, 4.69) is 11.1 Å². The Hall–Kier alpha value is 0.462. The van der Waals surface area contributed by atoms with Gasteiger partial charge in [0.1, 0.15) is 0 Å². The fourth-order valence-electron chi connectivity index (χ4n) is 0.107. The Morgan fingerprint density at radius 2 is 2.43 bits per heavy atom. The zero-order valence-corrected chi connectivity index (χ0v) is 4.54. The Morgan fingerprint density at radius 3 is 2.57 bits per heavy atom. The van der Waals surface area contributed by atoms with Gasteiger partial charge in [0.2, 0.25) is 0 Å². The molecule has 1 unspecified atom stereocenters. The SMILES string of the molecule is C=CCO[PH2]=O.[AlH3]. The summed E-state index contributed by atoms with van der Waals surface area (Å²) in [6.07, 6.45) is 1.56. The minimum absolute atomic E-state index is 0. The lowest BCUT2D eigenvalue weighted by atomic mass is 10.7. The van der Waals surface area contributed by atoms with Crippen LogP contribution >= 0.6 is 8.69 Å². The molecule has 0 aromatic rings. The van der Waals surface area contributed by atoms with Gasteiger partial charge < -0.3 is 4.52 Å². The van der Waals surface area contributed by atoms with E-state index in [0.717, 1.165) is 0 Å². The van der Waals surface area contributed by atoms with E-state index in [1.165, 1.54) is 0 Å². The van der Waals surface area contributed by atoms with Crippen molar-refractivity contribution in [3.8, 4) is 0 Å². The molecule has 4 heteroatoms. The molecule has 0 aromatic carbocycles. The van der Waals surface area contributed by atoms with Crippen LogP contribution in [-0.2, 0) is 9.09 Å². The third kappa shape index (κ3) is 10.7. The zero-order valence-electron chi connectivity index (χ0n) is 3.39. The number of rotatable bonds is 3. The second-order valence-corrected chi connectivity index (χ2v) is 1.24. The average molecular weight is 136 g/mol. The fraction of sp³-hybridized carbons (Fsp3) is 0.333. The van der Waals surface area contributed by atoms with Crippen LogP contribution in [0.3, 0.4) is 0 Å². The molecule has 0 aliphatic carbocycles. The first-order valence-electron chi connectivity index (χ1n) is 1.58. The molecule has 0 rings (SSSR count). The Balaban J connectivity index is 0. The molecule has 0 aliphatic heterocycles. The van der Waals surface area contributed by atoms with Gasteiger partial charge in [0.05, 0.1) is 6.61 Å². The lowest BCUT2D eigenvalue weighted by Crippen LogP contribution is -1.69. The second kappa shape index (κ2) is 9.68. The van der Waals surface area contributed by atoms with Crippen molar-refractivity contribution in [1.82, 2.24) is 0 Å². The zero-order chi connectivity index (χ0) is 4.83. The van der Waals surface area contributed by atoms with Crippen LogP contribution in [0.2, 0.25) is 0 Å². The third-order valence-corrected chi connectivity index (χ3v) is 0.611. The van der Waals surface area contributed by atoms with E-state index in [-0.39, 0.29) is 17.4 Å². The lowest BCUT2D eigenvalue weighted by Gasteiger charge is -1.79. The Kier molecular flexibility index (Phi) is 14.4. The predicted molar refractivity (Wildman–Crippen MR) is 36.5 cm³/mol. The first kappa shape index (κ1) is 10.4. The molecule has 0 spiro atoms. The molecule has 0 aliphatic rings. The van der Waals surface area contributed by atoms with Gasteiger partial charge in [-0.05, 0) is 0 Å². The minimum Gasteiger partial charge on any atom is -0.328 e. The van der Waals surface area contributed by atoms with Crippen LogP contribution in [0.1, 0.15) is 0 Å². The lowest BCUT2D eigenvalue weighted by molar-refractivity contribution is 0.387. The fourth-order valence-corrected chi connectivity index (χ4v) is 0.322. The predicted octanol–water partition coefficient (Wildman–Crippen LogP) is -0.324. The van der Waals surface area contributed by atoms with Gasteiger partial charge in [-0.25, -0.2) is 0 Å². The van der Waals surface area contributed by atoms with Gasteiger partial charge in [-0.2, -0.15) is 0 Å². The topological polar surface area (TPSA) is 26.3 Å². The van der Waals surface area contributed by atoms with E-state index >= 15 is 0 Å². The highest BCUT2D eigenvalue weighted by molar-refractivity contribution is 7.17. The van der Waals surface area contributed by atoms with Gasteiger partial charge in [-0.15, -0.1) is 6.58 Å². The van der Waals surface area contributed by atoms with Gasteiger partial charge in [-0.3, -0.25) is 4.57 Å². The summed E-state index contributed by atoms with van der Waals surface area (Å²) in [7, 11) is -1.04. The molecule has 0 N–H and O–H groups in total. The summed E-state index contributed by atoms with van der Waals surface area (Å²) in [5.74, 6) is 0. The van der Waals surface area contributed by atoms with Crippen LogP contribution in [0.5, 0.6) is 0 Å². The quantitative estimate of drug-likeness (QED) is 0.230. The van der Waals surface area contributed by atoms with Crippen molar-refractivity contribution in [1.29, 1.82) is 0 Å². The number of hydrogen-bond acceptors (Lipinski definition) is 2. The van der Waals surface area contributed by atoms with Crippen molar-refractivity contribution in [2.75, 3.05) is 6.61 Å². The summed E-state index contributed by atoms with van der Waals surface area (Å²) in [6.45, 7) is 3.75. The monoisotopic (exact) mass is 136 g/mol. The maximum absolute atomic E-state index is 9.50. The van der Waals surface area contributed by atoms with Crippen molar-refractivity contribution >= 4 is 26.0 Å². The summed E-state index contributed by atoms with van der Waals surface area (Å²) >= 11 is 0. The highest BCUT2D eigenvalue weighted by atomic mass is 31.1. The van der Waals surface area contributed by atoms with Gasteiger partial charge >= 0.3 is 0 Å². The Labute approximate surface area is 55.0 Å². The van der Waals surface area contributed by atoms with Crippen LogP contribution in [0, 0.1) is 0 Å². The normalized spacial score (nSPS) is 8.57. The van der Waals surface area contributed by atoms with Crippen LogP contribution in [-0.4, -0.2) is 24.0 Å². The summed E-state index contributed by atoms with van der Waals surface area (Å²) in [5.41, 5.74) is 0. The molecule has 7 heavy (non-hydrogen) atoms. The van der Waals surface area contributed by atoms with Gasteiger partial charge in [0, 0.05) is 0 Å². The largest absolute Gasteiger partial charge is 0.328 e. The van der Waals surface area contributed by atoms with Gasteiger partial charge in [-0.1, -0.05) is 6.08 Å². The maximum Gasteiger partial charge on any atom is 0.187 e. The molecule has 42 valence electrons. The smallest absolute Gasteiger partial charge is 0.187 e. The summed E-state index contributed by atoms with van der Waals surface area (Å²) < 4.78 is 13.9. The van der Waals surface area contributed by atoms with E-state index in [1.54, 1.807) is 6.08 Å². The van der Waals surface area contributed by atoms with Crippen molar-refractivity contribution in [2.45, 2.75) is 0 Å². The molecule has 0 saturated carbocycles. The van der Waals surface area contributed by atoms with Crippen LogP contribution in [0.4, 0.5) is 0 Å². The molecule has 0 saturated heterocycles. The summed E-state index contributed by atoms with van der Waals surface area (Å²) in [4.78, 5) is 0. The van der Waals surface area contributed by atoms with Crippen LogP contribution in [0.15, 0.2) is 12.7 Å². The Bertz CT molecular complexity index is 48.9. The highest BCUT2D eigenvalue weighted by Gasteiger charge is 1.65. The molecular formula is C3H10AlO2P. The van der Waals surface area contributed by atoms with E-state index in [9.17, 15) is 4.57 Å². The number of hydrogen-bond donors (Lipinski definition) is 0. The molecule has 0 radical (unpaired) electrons. The molecule has 0 heterocycles. The molecule has 0 bridgehead atoms. The highest BCUT2D eigenvalue weighted by Crippen LogP contribution is 1.90. The van der Waals surface area contributed by atoms with Crippen LogP contribution in [0.25, 0.3) is 0 Å². The van der Waals surface area contributed by atoms with Crippen molar-refractivity contribution in [3.05, 3.63) is 12.7 Å². The van der Waals surface area contributed by atoms with E-state index < -0.39 is 8.69 Å². The first-order chi connectivity index (χ1) is 2.91. The Morgan fingerprint density at radius 1 is 1.86 bits per heavy atom. The van der Waals surface area contributed by atoms with Gasteiger partial charge in [0.25, 0.3) is 0 Å². The molecule has 0 amide bonds. The van der Waals surface area contributed by atoms with Crippen molar-refractivity contribution < 1.29 is 9.09 Å². The van der Waals surface area contributed by atoms with Crippen molar-refractivity contribution in [3.63, 3.8) is 0 Å². The molecule has 0 fully saturated rings. The van der Waals surface area contributed by atoms with E-state index in [0.29, 0.717) is 6.61 Å². The third-order valence-electron chi connectivity index (χ3n) is 0.282. The van der Waals surface area contributed by atoms with E-state index in [1.807, 2.05) is 0 Å². The van der Waals surface area contributed by atoms with Gasteiger partial charge in [0.15, 0.2) is 26.0 Å². The molecule has 0 aromatic heterocycles. The van der Waals surface area contributed by atoms with E-state index in [4.69, 9.17) is 0 Å². The maximum atomic E-state index is 9.50.